The average Bonchev–Trinajstić information content (AvgIpc) is 2.92. The molecule has 138 valence electrons. The topological polar surface area (TPSA) is 78.9 Å². The van der Waals surface area contributed by atoms with Crippen LogP contribution < -0.4 is 0 Å². The molecule has 0 aromatic heterocycles. The minimum absolute atomic E-state index is 0.105. The molecule has 6 nitrogen and oxygen atoms in total. The van der Waals surface area contributed by atoms with Crippen LogP contribution in [-0.2, 0) is 28.6 Å². The van der Waals surface area contributed by atoms with E-state index in [9.17, 15) is 14.4 Å². The fourth-order valence-electron chi connectivity index (χ4n) is 2.95. The van der Waals surface area contributed by atoms with E-state index in [0.29, 0.717) is 37.0 Å². The van der Waals surface area contributed by atoms with Gasteiger partial charge in [0.2, 0.25) is 0 Å². The van der Waals surface area contributed by atoms with Crippen molar-refractivity contribution in [3.63, 3.8) is 0 Å². The predicted molar refractivity (Wildman–Crippen MR) is 90.9 cm³/mol. The summed E-state index contributed by atoms with van der Waals surface area (Å²) >= 11 is 6.22. The van der Waals surface area contributed by atoms with Crippen molar-refractivity contribution in [2.75, 3.05) is 0 Å². The largest absolute Gasteiger partial charge is 0.459 e. The Hall–Kier alpha value is -1.66. The third kappa shape index (κ3) is 5.97. The molecular formula is C18H23ClO6. The molecule has 2 bridgehead atoms. The molecule has 0 amide bonds. The van der Waals surface area contributed by atoms with Gasteiger partial charge in [-0.05, 0) is 31.8 Å². The Kier molecular flexibility index (Phi) is 7.20. The van der Waals surface area contributed by atoms with Gasteiger partial charge in [-0.1, -0.05) is 23.8 Å². The van der Waals surface area contributed by atoms with Crippen LogP contribution in [0.4, 0.5) is 0 Å². The lowest BCUT2D eigenvalue weighted by Crippen LogP contribution is -2.31. The van der Waals surface area contributed by atoms with Crippen molar-refractivity contribution in [1.82, 2.24) is 0 Å². The smallest absolute Gasteiger partial charge is 0.310 e. The molecule has 0 aliphatic carbocycles. The van der Waals surface area contributed by atoms with E-state index in [4.69, 9.17) is 25.8 Å². The number of allylic oxidation sites excluding steroid dienone is 3. The molecule has 2 heterocycles. The zero-order valence-electron chi connectivity index (χ0n) is 14.4. The highest BCUT2D eigenvalue weighted by atomic mass is 35.5. The van der Waals surface area contributed by atoms with Gasteiger partial charge in [-0.2, -0.15) is 0 Å². The van der Waals surface area contributed by atoms with Crippen molar-refractivity contribution < 1.29 is 28.6 Å². The summed E-state index contributed by atoms with van der Waals surface area (Å²) in [5.74, 6) is -0.999. The van der Waals surface area contributed by atoms with E-state index in [0.717, 1.165) is 5.57 Å². The molecule has 0 spiro atoms. The van der Waals surface area contributed by atoms with Crippen LogP contribution in [0.2, 0.25) is 0 Å². The number of carbonyl (C=O) groups is 3. The van der Waals surface area contributed by atoms with Crippen molar-refractivity contribution in [3.05, 3.63) is 22.8 Å². The van der Waals surface area contributed by atoms with Crippen LogP contribution in [0.5, 0.6) is 0 Å². The van der Waals surface area contributed by atoms with E-state index in [2.05, 4.69) is 0 Å². The zero-order valence-corrected chi connectivity index (χ0v) is 15.2. The standard InChI is InChI=1S/C18H23ClO6/c1-11-4-3-5-13(19)6-7-14-8-16(17(10-20)24-14)25-18(22)9-15(11)23-12(2)21/h4-5,10,14-17H,3,6-9H2,1-2H3/b11-4-,13-5+/t14-,15+,16+,17+/m0/s1. The molecule has 1 saturated heterocycles. The van der Waals surface area contributed by atoms with E-state index in [1.165, 1.54) is 6.92 Å². The first kappa shape index (κ1) is 19.7. The third-order valence-electron chi connectivity index (χ3n) is 4.28. The van der Waals surface area contributed by atoms with Crippen molar-refractivity contribution in [1.29, 1.82) is 0 Å². The third-order valence-corrected chi connectivity index (χ3v) is 4.62. The maximum absolute atomic E-state index is 12.2. The summed E-state index contributed by atoms with van der Waals surface area (Å²) < 4.78 is 16.3. The highest BCUT2D eigenvalue weighted by Crippen LogP contribution is 2.28. The lowest BCUT2D eigenvalue weighted by Gasteiger charge is -2.20. The molecule has 4 atom stereocenters. The summed E-state index contributed by atoms with van der Waals surface area (Å²) in [5.41, 5.74) is 0.748. The van der Waals surface area contributed by atoms with Gasteiger partial charge in [0.1, 0.15) is 18.3 Å². The molecule has 0 aromatic carbocycles. The summed E-state index contributed by atoms with van der Waals surface area (Å²) in [4.78, 5) is 34.8. The van der Waals surface area contributed by atoms with Crippen LogP contribution in [0.1, 0.15) is 46.0 Å². The van der Waals surface area contributed by atoms with Crippen LogP contribution in [-0.4, -0.2) is 42.6 Å². The van der Waals surface area contributed by atoms with Crippen LogP contribution in [0.25, 0.3) is 0 Å². The van der Waals surface area contributed by atoms with Crippen LogP contribution in [0, 0.1) is 0 Å². The number of esters is 2. The molecule has 1 fully saturated rings. The minimum atomic E-state index is -0.773. The summed E-state index contributed by atoms with van der Waals surface area (Å²) in [6, 6.07) is 0. The Morgan fingerprint density at radius 2 is 2.16 bits per heavy atom. The molecule has 2 aliphatic heterocycles. The number of ether oxygens (including phenoxy) is 3. The van der Waals surface area contributed by atoms with Crippen molar-refractivity contribution in [2.45, 2.75) is 70.4 Å². The lowest BCUT2D eigenvalue weighted by molar-refractivity contribution is -0.157. The van der Waals surface area contributed by atoms with Gasteiger partial charge in [0.25, 0.3) is 0 Å². The molecule has 25 heavy (non-hydrogen) atoms. The van der Waals surface area contributed by atoms with Gasteiger partial charge in [-0.3, -0.25) is 9.59 Å². The second-order valence-corrected chi connectivity index (χ2v) is 6.78. The number of rotatable bonds is 2. The Labute approximate surface area is 152 Å². The molecule has 0 saturated carbocycles. The Morgan fingerprint density at radius 1 is 1.40 bits per heavy atom. The summed E-state index contributed by atoms with van der Waals surface area (Å²) in [6.07, 6.45) is 4.33. The van der Waals surface area contributed by atoms with Crippen LogP contribution >= 0.6 is 11.6 Å². The van der Waals surface area contributed by atoms with E-state index in [-0.39, 0.29) is 12.5 Å². The highest BCUT2D eigenvalue weighted by molar-refractivity contribution is 6.29. The van der Waals surface area contributed by atoms with Gasteiger partial charge in [0, 0.05) is 18.4 Å². The summed E-state index contributed by atoms with van der Waals surface area (Å²) in [5, 5.41) is 0.705. The van der Waals surface area contributed by atoms with Crippen molar-refractivity contribution in [3.8, 4) is 0 Å². The molecule has 2 rings (SSSR count). The van der Waals surface area contributed by atoms with E-state index in [1.54, 1.807) is 6.92 Å². The minimum Gasteiger partial charge on any atom is -0.459 e. The highest BCUT2D eigenvalue weighted by Gasteiger charge is 2.38. The van der Waals surface area contributed by atoms with Gasteiger partial charge < -0.3 is 19.0 Å². The first-order valence-electron chi connectivity index (χ1n) is 8.37. The molecule has 0 N–H and O–H groups in total. The van der Waals surface area contributed by atoms with Crippen molar-refractivity contribution in [2.24, 2.45) is 0 Å². The second kappa shape index (κ2) is 9.15. The Bertz CT molecular complexity index is 582. The van der Waals surface area contributed by atoms with Crippen LogP contribution in [0.15, 0.2) is 22.8 Å². The number of aldehydes is 1. The fraction of sp³-hybridized carbons (Fsp3) is 0.611. The first-order valence-corrected chi connectivity index (χ1v) is 8.75. The van der Waals surface area contributed by atoms with Crippen molar-refractivity contribution >= 4 is 29.8 Å². The van der Waals surface area contributed by atoms with E-state index >= 15 is 0 Å². The SMILES string of the molecule is CC(=O)O[C@@H]1CC(=O)O[C@@H]2C[C@H](CC/C(Cl)=C\C/C=C\1C)O[C@@H]2C=O. The molecule has 0 radical (unpaired) electrons. The molecule has 2 aliphatic rings. The number of carbonyl (C=O) groups excluding carboxylic acids is 3. The first-order chi connectivity index (χ1) is 11.9. The predicted octanol–water partition coefficient (Wildman–Crippen LogP) is 2.83. The van der Waals surface area contributed by atoms with Gasteiger partial charge in [0.05, 0.1) is 12.5 Å². The fourth-order valence-corrected chi connectivity index (χ4v) is 3.15. The van der Waals surface area contributed by atoms with Gasteiger partial charge in [-0.25, -0.2) is 0 Å². The van der Waals surface area contributed by atoms with Gasteiger partial charge in [-0.15, -0.1) is 0 Å². The number of hydrogen-bond donors (Lipinski definition) is 0. The second-order valence-electron chi connectivity index (χ2n) is 6.30. The summed E-state index contributed by atoms with van der Waals surface area (Å²) in [7, 11) is 0. The average molecular weight is 371 g/mol. The molecule has 0 unspecified atom stereocenters. The monoisotopic (exact) mass is 370 g/mol. The maximum atomic E-state index is 12.2. The summed E-state index contributed by atoms with van der Waals surface area (Å²) in [6.45, 7) is 3.08. The molecule has 7 heteroatoms. The van der Waals surface area contributed by atoms with E-state index < -0.39 is 30.3 Å². The Balaban J connectivity index is 2.20. The number of hydrogen-bond acceptors (Lipinski definition) is 6. The maximum Gasteiger partial charge on any atom is 0.310 e. The quantitative estimate of drug-likeness (QED) is 0.422. The van der Waals surface area contributed by atoms with Crippen LogP contribution in [0.3, 0.4) is 0 Å². The lowest BCUT2D eigenvalue weighted by atomic mass is 10.0. The molecule has 0 aromatic rings. The molecular weight excluding hydrogens is 348 g/mol. The van der Waals surface area contributed by atoms with Gasteiger partial charge in [0.15, 0.2) is 6.29 Å². The number of fused-ring (bicyclic) bond motifs is 2. The van der Waals surface area contributed by atoms with Gasteiger partial charge >= 0.3 is 11.9 Å². The zero-order chi connectivity index (χ0) is 18.4. The Morgan fingerprint density at radius 3 is 2.84 bits per heavy atom. The normalized spacial score (nSPS) is 35.4. The van der Waals surface area contributed by atoms with E-state index in [1.807, 2.05) is 12.2 Å². The number of halogens is 1.